The highest BCUT2D eigenvalue weighted by Gasteiger charge is 2.22. The average Bonchev–Trinajstić information content (AvgIpc) is 2.62. The van der Waals surface area contributed by atoms with Crippen molar-refractivity contribution in [2.24, 2.45) is 5.92 Å². The van der Waals surface area contributed by atoms with Gasteiger partial charge in [-0.2, -0.15) is 5.26 Å². The van der Waals surface area contributed by atoms with Gasteiger partial charge < -0.3 is 10.3 Å². The maximum Gasteiger partial charge on any atom is 0.242 e. The van der Waals surface area contributed by atoms with Crippen LogP contribution in [0.4, 0.5) is 5.69 Å². The molecule has 2 N–H and O–H groups in total. The lowest BCUT2D eigenvalue weighted by atomic mass is 9.97. The number of nitrogens with one attached hydrogen (secondary N) is 2. The molecule has 1 atom stereocenters. The van der Waals surface area contributed by atoms with E-state index in [2.05, 4.69) is 10.3 Å². The van der Waals surface area contributed by atoms with Crippen molar-refractivity contribution >= 4 is 22.5 Å². The number of benzene rings is 2. The molecule has 25 heavy (non-hydrogen) atoms. The second kappa shape index (κ2) is 7.02. The van der Waals surface area contributed by atoms with Gasteiger partial charge in [0.2, 0.25) is 5.91 Å². The Bertz CT molecular complexity index is 1020. The fourth-order valence-electron chi connectivity index (χ4n) is 2.80. The van der Waals surface area contributed by atoms with Gasteiger partial charge in [0.15, 0.2) is 5.43 Å². The van der Waals surface area contributed by atoms with Crippen LogP contribution >= 0.6 is 0 Å². The SMILES string of the molecule is Cc1[nH]c2ccccc2c(=O)c1C[C@@H](C#N)C(=O)Nc1ccccc1. The topological polar surface area (TPSA) is 85.8 Å². The van der Waals surface area contributed by atoms with Crippen molar-refractivity contribution in [3.63, 3.8) is 0 Å². The number of rotatable bonds is 4. The molecular formula is C20H17N3O2. The van der Waals surface area contributed by atoms with Crippen LogP contribution in [0, 0.1) is 24.2 Å². The number of pyridine rings is 1. The number of hydrogen-bond donors (Lipinski definition) is 2. The van der Waals surface area contributed by atoms with Crippen molar-refractivity contribution < 1.29 is 4.79 Å². The zero-order valence-electron chi connectivity index (χ0n) is 13.7. The predicted molar refractivity (Wildman–Crippen MR) is 97.2 cm³/mol. The summed E-state index contributed by atoms with van der Waals surface area (Å²) in [6.07, 6.45) is 0.0706. The maximum absolute atomic E-state index is 12.7. The molecule has 5 nitrogen and oxygen atoms in total. The zero-order valence-corrected chi connectivity index (χ0v) is 13.7. The van der Waals surface area contributed by atoms with E-state index < -0.39 is 11.8 Å². The number of aryl methyl sites for hydroxylation is 1. The highest BCUT2D eigenvalue weighted by atomic mass is 16.2. The van der Waals surface area contributed by atoms with E-state index >= 15 is 0 Å². The Morgan fingerprint density at radius 3 is 2.56 bits per heavy atom. The van der Waals surface area contributed by atoms with Gasteiger partial charge in [-0.15, -0.1) is 0 Å². The van der Waals surface area contributed by atoms with Crippen LogP contribution < -0.4 is 10.7 Å². The maximum atomic E-state index is 12.7. The van der Waals surface area contributed by atoms with E-state index in [4.69, 9.17) is 0 Å². The number of hydrogen-bond acceptors (Lipinski definition) is 3. The summed E-state index contributed by atoms with van der Waals surface area (Å²) < 4.78 is 0. The van der Waals surface area contributed by atoms with Gasteiger partial charge in [-0.3, -0.25) is 9.59 Å². The summed E-state index contributed by atoms with van der Waals surface area (Å²) in [5.74, 6) is -1.36. The number of amides is 1. The number of H-pyrrole nitrogens is 1. The largest absolute Gasteiger partial charge is 0.358 e. The van der Waals surface area contributed by atoms with E-state index in [-0.39, 0.29) is 11.8 Å². The van der Waals surface area contributed by atoms with E-state index in [1.807, 2.05) is 24.3 Å². The van der Waals surface area contributed by atoms with E-state index in [0.717, 1.165) is 5.52 Å². The van der Waals surface area contributed by atoms with Crippen molar-refractivity contribution in [3.05, 3.63) is 76.1 Å². The molecule has 1 heterocycles. The van der Waals surface area contributed by atoms with Crippen molar-refractivity contribution in [2.45, 2.75) is 13.3 Å². The van der Waals surface area contributed by atoms with E-state index in [1.165, 1.54) is 0 Å². The first-order valence-corrected chi connectivity index (χ1v) is 7.96. The summed E-state index contributed by atoms with van der Waals surface area (Å²) in [5.41, 5.74) is 2.37. The number of carbonyl (C=O) groups excluding carboxylic acids is 1. The Kier molecular flexibility index (Phi) is 4.62. The number of nitrogens with zero attached hydrogens (tertiary/aromatic N) is 1. The first-order valence-electron chi connectivity index (χ1n) is 7.96. The number of nitriles is 1. The number of aromatic nitrogens is 1. The molecule has 0 saturated heterocycles. The summed E-state index contributed by atoms with van der Waals surface area (Å²) in [7, 11) is 0. The third-order valence-corrected chi connectivity index (χ3v) is 4.14. The van der Waals surface area contributed by atoms with Gasteiger partial charge in [0.25, 0.3) is 0 Å². The lowest BCUT2D eigenvalue weighted by Crippen LogP contribution is -2.26. The summed E-state index contributed by atoms with van der Waals surface area (Å²) in [4.78, 5) is 28.3. The normalized spacial score (nSPS) is 11.7. The van der Waals surface area contributed by atoms with Crippen LogP contribution in [-0.2, 0) is 11.2 Å². The molecule has 3 rings (SSSR count). The van der Waals surface area contributed by atoms with Crippen LogP contribution in [-0.4, -0.2) is 10.9 Å². The molecule has 0 aliphatic carbocycles. The molecule has 2 aromatic carbocycles. The smallest absolute Gasteiger partial charge is 0.242 e. The van der Waals surface area contributed by atoms with E-state index in [1.54, 1.807) is 43.3 Å². The van der Waals surface area contributed by atoms with Gasteiger partial charge in [-0.05, 0) is 31.2 Å². The molecule has 124 valence electrons. The van der Waals surface area contributed by atoms with Crippen LogP contribution in [0.1, 0.15) is 11.3 Å². The van der Waals surface area contributed by atoms with Crippen LogP contribution in [0.2, 0.25) is 0 Å². The quantitative estimate of drug-likeness (QED) is 0.770. The summed E-state index contributed by atoms with van der Waals surface area (Å²) >= 11 is 0. The molecule has 0 bridgehead atoms. The van der Waals surface area contributed by atoms with Crippen LogP contribution in [0.25, 0.3) is 10.9 Å². The first kappa shape index (κ1) is 16.5. The highest BCUT2D eigenvalue weighted by Crippen LogP contribution is 2.15. The zero-order chi connectivity index (χ0) is 17.8. The Balaban J connectivity index is 1.90. The van der Waals surface area contributed by atoms with Gasteiger partial charge in [0.1, 0.15) is 5.92 Å². The highest BCUT2D eigenvalue weighted by molar-refractivity contribution is 5.94. The van der Waals surface area contributed by atoms with Gasteiger partial charge in [-0.1, -0.05) is 30.3 Å². The molecule has 1 amide bonds. The van der Waals surface area contributed by atoms with Gasteiger partial charge in [-0.25, -0.2) is 0 Å². The molecule has 3 aromatic rings. The van der Waals surface area contributed by atoms with Gasteiger partial charge >= 0.3 is 0 Å². The Morgan fingerprint density at radius 1 is 1.16 bits per heavy atom. The summed E-state index contributed by atoms with van der Waals surface area (Å²) in [6.45, 7) is 1.78. The molecular weight excluding hydrogens is 314 g/mol. The Morgan fingerprint density at radius 2 is 1.84 bits per heavy atom. The fraction of sp³-hybridized carbons (Fsp3) is 0.150. The molecule has 0 aliphatic heterocycles. The summed E-state index contributed by atoms with van der Waals surface area (Å²) in [6, 6.07) is 18.2. The third kappa shape index (κ3) is 3.43. The van der Waals surface area contributed by atoms with E-state index in [9.17, 15) is 14.9 Å². The lowest BCUT2D eigenvalue weighted by Gasteiger charge is -2.12. The average molecular weight is 331 g/mol. The first-order chi connectivity index (χ1) is 12.1. The van der Waals surface area contributed by atoms with E-state index in [0.29, 0.717) is 22.3 Å². The molecule has 0 spiro atoms. The third-order valence-electron chi connectivity index (χ3n) is 4.14. The number of fused-ring (bicyclic) bond motifs is 1. The van der Waals surface area contributed by atoms with Crippen molar-refractivity contribution in [3.8, 4) is 6.07 Å². The van der Waals surface area contributed by atoms with Crippen LogP contribution in [0.5, 0.6) is 0 Å². The lowest BCUT2D eigenvalue weighted by molar-refractivity contribution is -0.118. The minimum absolute atomic E-state index is 0.0706. The molecule has 1 aromatic heterocycles. The Hall–Kier alpha value is -3.39. The number of anilines is 1. The number of aromatic amines is 1. The predicted octanol–water partition coefficient (Wildman–Crippen LogP) is 3.16. The van der Waals surface area contributed by atoms with Crippen molar-refractivity contribution in [1.29, 1.82) is 5.26 Å². The van der Waals surface area contributed by atoms with Crippen molar-refractivity contribution in [1.82, 2.24) is 4.98 Å². The second-order valence-electron chi connectivity index (χ2n) is 5.84. The van der Waals surface area contributed by atoms with Crippen LogP contribution in [0.3, 0.4) is 0 Å². The van der Waals surface area contributed by atoms with Gasteiger partial charge in [0, 0.05) is 34.3 Å². The minimum atomic E-state index is -0.943. The Labute approximate surface area is 144 Å². The van der Waals surface area contributed by atoms with Gasteiger partial charge in [0.05, 0.1) is 6.07 Å². The minimum Gasteiger partial charge on any atom is -0.358 e. The number of para-hydroxylation sites is 2. The van der Waals surface area contributed by atoms with Crippen LogP contribution in [0.15, 0.2) is 59.4 Å². The molecule has 5 heteroatoms. The molecule has 0 fully saturated rings. The molecule has 0 radical (unpaired) electrons. The van der Waals surface area contributed by atoms with Crippen molar-refractivity contribution in [2.75, 3.05) is 5.32 Å². The fourth-order valence-corrected chi connectivity index (χ4v) is 2.80. The monoisotopic (exact) mass is 331 g/mol. The second-order valence-corrected chi connectivity index (χ2v) is 5.84. The molecule has 0 unspecified atom stereocenters. The standard InChI is InChI=1S/C20H17N3O2/c1-13-17(19(24)16-9-5-6-10-18(16)22-13)11-14(12-21)20(25)23-15-7-3-2-4-8-15/h2-10,14H,11H2,1H3,(H,22,24)(H,23,25)/t14-/m0/s1. The number of carbonyl (C=O) groups is 1. The molecule has 0 aliphatic rings. The molecule has 0 saturated carbocycles. The summed E-state index contributed by atoms with van der Waals surface area (Å²) in [5, 5.41) is 12.7.